The smallest absolute Gasteiger partial charge is 0.115 e. The van der Waals surface area contributed by atoms with Gasteiger partial charge in [0, 0.05) is 0 Å². The lowest BCUT2D eigenvalue weighted by Gasteiger charge is -2.37. The molecule has 0 bridgehead atoms. The summed E-state index contributed by atoms with van der Waals surface area (Å²) in [6.45, 7) is 0. The van der Waals surface area contributed by atoms with Gasteiger partial charge in [-0.05, 0) is 91.0 Å². The summed E-state index contributed by atoms with van der Waals surface area (Å²) in [7, 11) is 0. The van der Waals surface area contributed by atoms with Crippen LogP contribution in [0, 0.1) is 0 Å². The Hall–Kier alpha value is -5.86. The van der Waals surface area contributed by atoms with Crippen molar-refractivity contribution in [2.24, 2.45) is 0 Å². The molecule has 0 radical (unpaired) electrons. The third-order valence-corrected chi connectivity index (χ3v) is 10.2. The van der Waals surface area contributed by atoms with Gasteiger partial charge in [-0.15, -0.1) is 0 Å². The lowest BCUT2D eigenvalue weighted by molar-refractivity contribution is 0.473. The predicted molar refractivity (Wildman–Crippen MR) is 184 cm³/mol. The van der Waals surface area contributed by atoms with Crippen LogP contribution in [0.4, 0.5) is 0 Å². The van der Waals surface area contributed by atoms with Crippen LogP contribution in [0.3, 0.4) is 0 Å². The van der Waals surface area contributed by atoms with E-state index in [0.717, 1.165) is 22.3 Å². The Balaban J connectivity index is 1.42. The first-order chi connectivity index (χ1) is 22.6. The Morgan fingerprint density at radius 3 is 0.891 bits per heavy atom. The van der Waals surface area contributed by atoms with E-state index < -0.39 is 10.8 Å². The molecule has 2 aliphatic carbocycles. The fraction of sp³-hybridized carbons (Fsp3) is 0.0455. The normalized spacial score (nSPS) is 14.6. The van der Waals surface area contributed by atoms with Crippen molar-refractivity contribution in [1.82, 2.24) is 0 Å². The number of hydrogen-bond donors (Lipinski definition) is 2. The Morgan fingerprint density at radius 1 is 0.283 bits per heavy atom. The molecule has 0 atom stereocenters. The zero-order valence-corrected chi connectivity index (χ0v) is 25.1. The highest BCUT2D eigenvalue weighted by Gasteiger charge is 2.49. The molecule has 218 valence electrons. The van der Waals surface area contributed by atoms with Crippen LogP contribution in [0.2, 0.25) is 0 Å². The van der Waals surface area contributed by atoms with E-state index in [4.69, 9.17) is 0 Å². The molecule has 7 aromatic carbocycles. The molecule has 0 heterocycles. The summed E-state index contributed by atoms with van der Waals surface area (Å²) >= 11 is 0. The number of benzene rings is 7. The van der Waals surface area contributed by atoms with Crippen LogP contribution in [0.15, 0.2) is 170 Å². The predicted octanol–water partition coefficient (Wildman–Crippen LogP) is 9.82. The van der Waals surface area contributed by atoms with Gasteiger partial charge in [0.1, 0.15) is 11.5 Å². The van der Waals surface area contributed by atoms with Gasteiger partial charge in [-0.2, -0.15) is 0 Å². The highest BCUT2D eigenvalue weighted by molar-refractivity contribution is 5.88. The molecule has 0 saturated heterocycles. The van der Waals surface area contributed by atoms with Gasteiger partial charge in [-0.3, -0.25) is 0 Å². The molecule has 0 unspecified atom stereocenters. The molecule has 7 aromatic rings. The number of hydrogen-bond acceptors (Lipinski definition) is 2. The molecular weight excluding hydrogens is 560 g/mol. The van der Waals surface area contributed by atoms with Gasteiger partial charge in [0.15, 0.2) is 0 Å². The maximum absolute atomic E-state index is 10.9. The molecule has 0 fully saturated rings. The largest absolute Gasteiger partial charge is 0.508 e. The van der Waals surface area contributed by atoms with Crippen LogP contribution in [0.25, 0.3) is 22.3 Å². The summed E-state index contributed by atoms with van der Waals surface area (Å²) in [4.78, 5) is 0. The second-order valence-corrected chi connectivity index (χ2v) is 12.4. The Morgan fingerprint density at radius 2 is 0.565 bits per heavy atom. The molecule has 2 nitrogen and oxygen atoms in total. The number of aromatic hydroxyl groups is 2. The molecule has 2 heteroatoms. The van der Waals surface area contributed by atoms with Crippen molar-refractivity contribution in [2.75, 3.05) is 0 Å². The fourth-order valence-electron chi connectivity index (χ4n) is 8.51. The highest BCUT2D eigenvalue weighted by Crippen LogP contribution is 2.59. The van der Waals surface area contributed by atoms with E-state index in [0.29, 0.717) is 0 Å². The lowest BCUT2D eigenvalue weighted by atomic mass is 9.64. The summed E-state index contributed by atoms with van der Waals surface area (Å²) in [5, 5.41) is 21.7. The van der Waals surface area contributed by atoms with Crippen LogP contribution in [0.1, 0.15) is 44.5 Å². The standard InChI is InChI=1S/C44H30O2/c45-33-16-10-14-31(27-33)43(39-22-5-1-18-35(39)36-19-2-6-23-40(36)43)29-12-9-13-30(26-29)44(32-15-11-17-34(46)28-32)41-24-7-3-20-37(41)38-21-4-8-25-42(38)44/h1-28,45-46H. The van der Waals surface area contributed by atoms with Gasteiger partial charge in [0.25, 0.3) is 0 Å². The number of rotatable bonds is 4. The molecule has 0 spiro atoms. The highest BCUT2D eigenvalue weighted by atomic mass is 16.3. The molecule has 0 saturated carbocycles. The summed E-state index contributed by atoms with van der Waals surface area (Å²) in [5.41, 5.74) is 12.5. The van der Waals surface area contributed by atoms with Gasteiger partial charge in [0.05, 0.1) is 10.8 Å². The van der Waals surface area contributed by atoms with Gasteiger partial charge in [-0.1, -0.05) is 146 Å². The van der Waals surface area contributed by atoms with Gasteiger partial charge in [0.2, 0.25) is 0 Å². The third kappa shape index (κ3) is 3.41. The molecule has 0 aliphatic heterocycles. The van der Waals surface area contributed by atoms with Gasteiger partial charge < -0.3 is 10.2 Å². The molecule has 2 aliphatic rings. The van der Waals surface area contributed by atoms with Gasteiger partial charge >= 0.3 is 0 Å². The lowest BCUT2D eigenvalue weighted by Crippen LogP contribution is -2.31. The van der Waals surface area contributed by atoms with Crippen LogP contribution >= 0.6 is 0 Å². The Bertz CT molecular complexity index is 2060. The molecular formula is C44H30O2. The van der Waals surface area contributed by atoms with E-state index in [2.05, 4.69) is 133 Å². The molecule has 2 N–H and O–H groups in total. The van der Waals surface area contributed by atoms with E-state index in [9.17, 15) is 10.2 Å². The minimum Gasteiger partial charge on any atom is -0.508 e. The van der Waals surface area contributed by atoms with Crippen molar-refractivity contribution >= 4 is 0 Å². The van der Waals surface area contributed by atoms with Crippen molar-refractivity contribution in [1.29, 1.82) is 0 Å². The number of fused-ring (bicyclic) bond motifs is 6. The summed E-state index contributed by atoms with van der Waals surface area (Å²) in [6.07, 6.45) is 0. The topological polar surface area (TPSA) is 40.5 Å². The second-order valence-electron chi connectivity index (χ2n) is 12.4. The van der Waals surface area contributed by atoms with Crippen molar-refractivity contribution in [3.05, 3.63) is 214 Å². The van der Waals surface area contributed by atoms with Crippen LogP contribution in [0.5, 0.6) is 11.5 Å². The molecule has 0 amide bonds. The Kier molecular flexibility index (Phi) is 5.67. The van der Waals surface area contributed by atoms with E-state index >= 15 is 0 Å². The number of phenolic OH excluding ortho intramolecular Hbond substituents is 2. The Labute approximate surface area is 268 Å². The fourth-order valence-corrected chi connectivity index (χ4v) is 8.51. The monoisotopic (exact) mass is 590 g/mol. The maximum atomic E-state index is 10.9. The van der Waals surface area contributed by atoms with Crippen molar-refractivity contribution in [3.63, 3.8) is 0 Å². The average Bonchev–Trinajstić information content (AvgIpc) is 3.58. The van der Waals surface area contributed by atoms with Crippen molar-refractivity contribution in [2.45, 2.75) is 10.8 Å². The van der Waals surface area contributed by atoms with Crippen LogP contribution in [-0.4, -0.2) is 10.2 Å². The summed E-state index contributed by atoms with van der Waals surface area (Å²) < 4.78 is 0. The van der Waals surface area contributed by atoms with Crippen molar-refractivity contribution < 1.29 is 10.2 Å². The minimum absolute atomic E-state index is 0.241. The maximum Gasteiger partial charge on any atom is 0.115 e. The molecule has 46 heavy (non-hydrogen) atoms. The van der Waals surface area contributed by atoms with E-state index in [1.165, 1.54) is 44.5 Å². The number of phenols is 2. The van der Waals surface area contributed by atoms with Gasteiger partial charge in [-0.25, -0.2) is 0 Å². The molecule has 0 aromatic heterocycles. The van der Waals surface area contributed by atoms with Crippen LogP contribution < -0.4 is 0 Å². The first-order valence-corrected chi connectivity index (χ1v) is 15.7. The average molecular weight is 591 g/mol. The van der Waals surface area contributed by atoms with E-state index in [-0.39, 0.29) is 11.5 Å². The SMILES string of the molecule is Oc1cccc(C2(c3cccc(C4(c5cccc(O)c5)c5ccccc5-c5ccccc54)c3)c3ccccc3-c3ccccc32)c1. The van der Waals surface area contributed by atoms with Crippen molar-refractivity contribution in [3.8, 4) is 33.8 Å². The zero-order chi connectivity index (χ0) is 30.9. The summed E-state index contributed by atoms with van der Waals surface area (Å²) in [5.74, 6) is 0.481. The van der Waals surface area contributed by atoms with Crippen LogP contribution in [-0.2, 0) is 10.8 Å². The van der Waals surface area contributed by atoms with E-state index in [1.807, 2.05) is 24.3 Å². The molecule has 9 rings (SSSR count). The van der Waals surface area contributed by atoms with E-state index in [1.54, 1.807) is 12.1 Å². The zero-order valence-electron chi connectivity index (χ0n) is 25.1. The first-order valence-electron chi connectivity index (χ1n) is 15.7. The first kappa shape index (κ1) is 26.5. The second kappa shape index (κ2) is 9.82. The third-order valence-electron chi connectivity index (χ3n) is 10.2. The quantitative estimate of drug-likeness (QED) is 0.214. The summed E-state index contributed by atoms with van der Waals surface area (Å²) in [6, 6.07) is 59.1. The minimum atomic E-state index is -0.667.